The Hall–Kier alpha value is -4.01. The van der Waals surface area contributed by atoms with E-state index in [4.69, 9.17) is 4.98 Å². The highest BCUT2D eigenvalue weighted by Crippen LogP contribution is 2.26. The minimum atomic E-state index is -0.394. The Morgan fingerprint density at radius 3 is 2.83 bits per heavy atom. The number of benzene rings is 1. The first-order valence-corrected chi connectivity index (χ1v) is 9.39. The molecule has 9 nitrogen and oxygen atoms in total. The lowest BCUT2D eigenvalue weighted by Gasteiger charge is -2.10. The zero-order valence-electron chi connectivity index (χ0n) is 16.5. The number of imide groups is 1. The number of amides is 3. The van der Waals surface area contributed by atoms with E-state index in [2.05, 4.69) is 21.0 Å². The summed E-state index contributed by atoms with van der Waals surface area (Å²) < 4.78 is 1.64. The first kappa shape index (κ1) is 19.3. The third-order valence-electron chi connectivity index (χ3n) is 4.74. The predicted octanol–water partition coefficient (Wildman–Crippen LogP) is 1.50. The molecule has 30 heavy (non-hydrogen) atoms. The topological polar surface area (TPSA) is 117 Å². The van der Waals surface area contributed by atoms with Gasteiger partial charge in [0.05, 0.1) is 18.3 Å². The normalized spacial score (nSPS) is 14.9. The summed E-state index contributed by atoms with van der Waals surface area (Å²) in [4.78, 5) is 39.3. The van der Waals surface area contributed by atoms with E-state index in [9.17, 15) is 14.4 Å². The summed E-state index contributed by atoms with van der Waals surface area (Å²) in [5.74, 6) is -0.0825. The summed E-state index contributed by atoms with van der Waals surface area (Å²) in [6.45, 7) is 1.91. The van der Waals surface area contributed by atoms with E-state index in [-0.39, 0.29) is 18.2 Å². The second kappa shape index (κ2) is 7.78. The van der Waals surface area contributed by atoms with E-state index in [0.717, 1.165) is 16.9 Å². The van der Waals surface area contributed by atoms with E-state index in [0.29, 0.717) is 29.0 Å². The molecule has 1 aliphatic heterocycles. The highest BCUT2D eigenvalue weighted by Gasteiger charge is 2.24. The van der Waals surface area contributed by atoms with Gasteiger partial charge in [-0.05, 0) is 17.7 Å². The van der Waals surface area contributed by atoms with E-state index < -0.39 is 5.91 Å². The Balaban J connectivity index is 1.78. The molecule has 0 unspecified atom stereocenters. The van der Waals surface area contributed by atoms with Crippen LogP contribution in [0.5, 0.6) is 0 Å². The fourth-order valence-corrected chi connectivity index (χ4v) is 3.28. The van der Waals surface area contributed by atoms with Gasteiger partial charge in [-0.1, -0.05) is 18.2 Å². The quantitative estimate of drug-likeness (QED) is 0.438. The molecule has 0 saturated carbocycles. The summed E-state index contributed by atoms with van der Waals surface area (Å²) in [7, 11) is 1.79. The van der Waals surface area contributed by atoms with E-state index in [1.165, 1.54) is 6.92 Å². The molecule has 1 aliphatic rings. The second-order valence-electron chi connectivity index (χ2n) is 6.95. The molecular formula is C21H20N6O3. The molecule has 4 rings (SSSR count). The number of anilines is 1. The number of aromatic nitrogens is 3. The van der Waals surface area contributed by atoms with Gasteiger partial charge in [0.15, 0.2) is 5.65 Å². The van der Waals surface area contributed by atoms with Crippen molar-refractivity contribution in [3.63, 3.8) is 0 Å². The second-order valence-corrected chi connectivity index (χ2v) is 6.95. The Bertz CT molecular complexity index is 1210. The molecule has 3 N–H and O–H groups in total. The van der Waals surface area contributed by atoms with Gasteiger partial charge >= 0.3 is 0 Å². The van der Waals surface area contributed by atoms with E-state index in [1.807, 2.05) is 30.3 Å². The first-order valence-electron chi connectivity index (χ1n) is 9.39. The number of hydrogen-bond donors (Lipinski definition) is 3. The standard InChI is InChI=1S/C21H20N6O3/c1-12(28)23-10-13-4-3-5-14(6-13)17-9-18(22-2)27-20(25-17)16(11-24-27)7-15-8-19(29)26-21(15)30/h3-7,9,11,22H,8,10H2,1-2H3,(H,23,28)(H,26,29,30)/b15-7+. The lowest BCUT2D eigenvalue weighted by atomic mass is 10.1. The molecule has 0 spiro atoms. The molecule has 0 bridgehead atoms. The van der Waals surface area contributed by atoms with Gasteiger partial charge in [0.2, 0.25) is 11.8 Å². The molecule has 1 aromatic carbocycles. The summed E-state index contributed by atoms with van der Waals surface area (Å²) in [6.07, 6.45) is 3.30. The van der Waals surface area contributed by atoms with Gasteiger partial charge in [-0.25, -0.2) is 4.98 Å². The molecule has 9 heteroatoms. The Morgan fingerprint density at radius 1 is 1.30 bits per heavy atom. The number of carbonyl (C=O) groups is 3. The Morgan fingerprint density at radius 2 is 2.13 bits per heavy atom. The largest absolute Gasteiger partial charge is 0.373 e. The number of carbonyl (C=O) groups excluding carboxylic acids is 3. The monoisotopic (exact) mass is 404 g/mol. The van der Waals surface area contributed by atoms with Crippen molar-refractivity contribution < 1.29 is 14.4 Å². The fraction of sp³-hybridized carbons (Fsp3) is 0.190. The van der Waals surface area contributed by atoms with Gasteiger partial charge in [-0.3, -0.25) is 19.7 Å². The van der Waals surface area contributed by atoms with Crippen molar-refractivity contribution in [3.05, 3.63) is 53.2 Å². The minimum absolute atomic E-state index is 0.0416. The summed E-state index contributed by atoms with van der Waals surface area (Å²) >= 11 is 0. The van der Waals surface area contributed by atoms with Gasteiger partial charge in [-0.2, -0.15) is 9.61 Å². The van der Waals surface area contributed by atoms with Crippen molar-refractivity contribution in [2.24, 2.45) is 0 Å². The SMILES string of the molecule is CNc1cc(-c2cccc(CNC(C)=O)c2)nc2c(/C=C3\CC(=O)NC3=O)cnn12. The van der Waals surface area contributed by atoms with Crippen LogP contribution in [0.25, 0.3) is 23.0 Å². The maximum atomic E-state index is 11.9. The Kier molecular flexibility index (Phi) is 5.01. The Labute approximate surface area is 172 Å². The molecule has 3 heterocycles. The first-order chi connectivity index (χ1) is 14.4. The van der Waals surface area contributed by atoms with Crippen molar-refractivity contribution >= 4 is 35.3 Å². The van der Waals surface area contributed by atoms with Crippen molar-refractivity contribution in [1.29, 1.82) is 0 Å². The number of nitrogens with zero attached hydrogens (tertiary/aromatic N) is 3. The zero-order chi connectivity index (χ0) is 21.3. The van der Waals surface area contributed by atoms with E-state index >= 15 is 0 Å². The lowest BCUT2D eigenvalue weighted by molar-refractivity contribution is -0.124. The van der Waals surface area contributed by atoms with Crippen LogP contribution in [-0.2, 0) is 20.9 Å². The van der Waals surface area contributed by atoms with Crippen molar-refractivity contribution in [3.8, 4) is 11.3 Å². The molecular weight excluding hydrogens is 384 g/mol. The number of nitrogens with one attached hydrogen (secondary N) is 3. The van der Waals surface area contributed by atoms with Gasteiger partial charge in [0.1, 0.15) is 5.82 Å². The number of fused-ring (bicyclic) bond motifs is 1. The van der Waals surface area contributed by atoms with Crippen LogP contribution < -0.4 is 16.0 Å². The number of rotatable bonds is 5. The molecule has 2 aromatic heterocycles. The average molecular weight is 404 g/mol. The van der Waals surface area contributed by atoms with Gasteiger partial charge < -0.3 is 10.6 Å². The van der Waals surface area contributed by atoms with Crippen molar-refractivity contribution in [2.45, 2.75) is 19.9 Å². The van der Waals surface area contributed by atoms with Crippen LogP contribution in [-0.4, -0.2) is 39.4 Å². The summed E-state index contributed by atoms with van der Waals surface area (Å²) in [5.41, 5.74) is 4.12. The molecule has 1 saturated heterocycles. The van der Waals surface area contributed by atoms with Crippen LogP contribution in [0.15, 0.2) is 42.1 Å². The van der Waals surface area contributed by atoms with Crippen LogP contribution >= 0.6 is 0 Å². The smallest absolute Gasteiger partial charge is 0.254 e. The molecule has 0 aliphatic carbocycles. The third-order valence-corrected chi connectivity index (χ3v) is 4.74. The van der Waals surface area contributed by atoms with Crippen molar-refractivity contribution in [2.75, 3.05) is 12.4 Å². The van der Waals surface area contributed by atoms with Crippen LogP contribution in [0.1, 0.15) is 24.5 Å². The maximum Gasteiger partial charge on any atom is 0.254 e. The summed E-state index contributed by atoms with van der Waals surface area (Å²) in [5, 5.41) is 12.5. The summed E-state index contributed by atoms with van der Waals surface area (Å²) in [6, 6.07) is 9.62. The fourth-order valence-electron chi connectivity index (χ4n) is 3.28. The van der Waals surface area contributed by atoms with Gasteiger partial charge in [-0.15, -0.1) is 0 Å². The zero-order valence-corrected chi connectivity index (χ0v) is 16.5. The van der Waals surface area contributed by atoms with Gasteiger partial charge in [0.25, 0.3) is 5.91 Å². The molecule has 0 radical (unpaired) electrons. The average Bonchev–Trinajstić information content (AvgIpc) is 3.28. The predicted molar refractivity (Wildman–Crippen MR) is 111 cm³/mol. The third kappa shape index (κ3) is 3.77. The van der Waals surface area contributed by atoms with Crippen LogP contribution in [0, 0.1) is 0 Å². The maximum absolute atomic E-state index is 11.9. The highest BCUT2D eigenvalue weighted by molar-refractivity contribution is 6.15. The highest BCUT2D eigenvalue weighted by atomic mass is 16.2. The van der Waals surface area contributed by atoms with Crippen LogP contribution in [0.2, 0.25) is 0 Å². The van der Waals surface area contributed by atoms with Gasteiger partial charge in [0, 0.05) is 43.3 Å². The molecule has 0 atom stereocenters. The lowest BCUT2D eigenvalue weighted by Crippen LogP contribution is -2.19. The van der Waals surface area contributed by atoms with Crippen LogP contribution in [0.3, 0.4) is 0 Å². The van der Waals surface area contributed by atoms with Crippen molar-refractivity contribution in [1.82, 2.24) is 25.2 Å². The van der Waals surface area contributed by atoms with Crippen LogP contribution in [0.4, 0.5) is 5.82 Å². The molecule has 3 aromatic rings. The minimum Gasteiger partial charge on any atom is -0.373 e. The molecule has 3 amide bonds. The number of hydrogen-bond acceptors (Lipinski definition) is 6. The molecule has 1 fully saturated rings. The molecule has 152 valence electrons. The van der Waals surface area contributed by atoms with E-state index in [1.54, 1.807) is 23.8 Å².